The van der Waals surface area contributed by atoms with Gasteiger partial charge in [0.25, 0.3) is 5.91 Å². The van der Waals surface area contributed by atoms with Crippen LogP contribution in [0, 0.1) is 5.82 Å². The Hall–Kier alpha value is -2.80. The van der Waals surface area contributed by atoms with Crippen LogP contribution in [0.15, 0.2) is 36.4 Å². The van der Waals surface area contributed by atoms with Crippen molar-refractivity contribution in [2.45, 2.75) is 25.9 Å². The van der Waals surface area contributed by atoms with Gasteiger partial charge < -0.3 is 19.5 Å². The van der Waals surface area contributed by atoms with E-state index < -0.39 is 23.8 Å². The van der Waals surface area contributed by atoms with Crippen molar-refractivity contribution in [2.24, 2.45) is 0 Å². The zero-order valence-corrected chi connectivity index (χ0v) is 15.2. The Morgan fingerprint density at radius 1 is 1.22 bits per heavy atom. The average molecular weight is 394 g/mol. The van der Waals surface area contributed by atoms with Crippen molar-refractivity contribution in [3.8, 4) is 11.5 Å². The van der Waals surface area contributed by atoms with Gasteiger partial charge in [-0.1, -0.05) is 17.7 Å². The van der Waals surface area contributed by atoms with Gasteiger partial charge in [0.15, 0.2) is 17.6 Å². The number of anilines is 1. The van der Waals surface area contributed by atoms with E-state index in [0.717, 1.165) is 11.6 Å². The number of ether oxygens (including phenoxy) is 3. The maximum absolute atomic E-state index is 13.7. The first-order chi connectivity index (χ1) is 12.9. The van der Waals surface area contributed by atoms with E-state index in [1.165, 1.54) is 19.1 Å². The molecule has 27 heavy (non-hydrogen) atoms. The fourth-order valence-electron chi connectivity index (χ4n) is 2.48. The standard InChI is InChI=1S/C19H17ClFNO5/c1-11(19(24)22-15-5-4-13(20)9-14(15)21)27-18(23)7-3-12-2-6-16-17(8-12)26-10-25-16/h2,4-6,8-9,11H,3,7,10H2,1H3,(H,22,24). The highest BCUT2D eigenvalue weighted by molar-refractivity contribution is 6.30. The number of hydrogen-bond donors (Lipinski definition) is 1. The Kier molecular flexibility index (Phi) is 5.81. The number of benzene rings is 2. The van der Waals surface area contributed by atoms with Gasteiger partial charge in [0.05, 0.1) is 5.69 Å². The highest BCUT2D eigenvalue weighted by atomic mass is 35.5. The number of rotatable bonds is 6. The summed E-state index contributed by atoms with van der Waals surface area (Å²) in [6.07, 6.45) is -0.549. The molecular formula is C19H17ClFNO5. The van der Waals surface area contributed by atoms with Crippen LogP contribution in [-0.4, -0.2) is 24.8 Å². The second-order valence-electron chi connectivity index (χ2n) is 5.93. The molecule has 0 aromatic heterocycles. The number of hydrogen-bond acceptors (Lipinski definition) is 5. The lowest BCUT2D eigenvalue weighted by atomic mass is 10.1. The molecule has 0 spiro atoms. The van der Waals surface area contributed by atoms with Crippen LogP contribution in [0.2, 0.25) is 5.02 Å². The zero-order chi connectivity index (χ0) is 19.4. The third-order valence-corrected chi connectivity index (χ3v) is 4.16. The second kappa shape index (κ2) is 8.26. The minimum atomic E-state index is -1.07. The van der Waals surface area contributed by atoms with E-state index in [1.54, 1.807) is 12.1 Å². The molecule has 0 bridgehead atoms. The molecular weight excluding hydrogens is 377 g/mol. The quantitative estimate of drug-likeness (QED) is 0.757. The lowest BCUT2D eigenvalue weighted by Crippen LogP contribution is -2.30. The highest BCUT2D eigenvalue weighted by Crippen LogP contribution is 2.32. The first kappa shape index (κ1) is 19.0. The summed E-state index contributed by atoms with van der Waals surface area (Å²) in [5.74, 6) is -0.531. The SMILES string of the molecule is CC(OC(=O)CCc1ccc2c(c1)OCO2)C(=O)Nc1ccc(Cl)cc1F. The van der Waals surface area contributed by atoms with Crippen molar-refractivity contribution in [3.63, 3.8) is 0 Å². The lowest BCUT2D eigenvalue weighted by Gasteiger charge is -2.14. The van der Waals surface area contributed by atoms with Gasteiger partial charge in [-0.3, -0.25) is 9.59 Å². The molecule has 1 amide bonds. The third kappa shape index (κ3) is 4.89. The molecule has 0 radical (unpaired) electrons. The first-order valence-corrected chi connectivity index (χ1v) is 8.64. The van der Waals surface area contributed by atoms with Crippen molar-refractivity contribution in [1.29, 1.82) is 0 Å². The van der Waals surface area contributed by atoms with Crippen LogP contribution in [0.25, 0.3) is 0 Å². The molecule has 0 saturated carbocycles. The van der Waals surface area contributed by atoms with E-state index in [9.17, 15) is 14.0 Å². The molecule has 1 aliphatic rings. The largest absolute Gasteiger partial charge is 0.454 e. The van der Waals surface area contributed by atoms with E-state index in [1.807, 2.05) is 6.07 Å². The number of nitrogens with one attached hydrogen (secondary N) is 1. The predicted octanol–water partition coefficient (Wildman–Crippen LogP) is 3.71. The van der Waals surface area contributed by atoms with Crippen LogP contribution in [-0.2, 0) is 20.7 Å². The third-order valence-electron chi connectivity index (χ3n) is 3.92. The summed E-state index contributed by atoms with van der Waals surface area (Å²) < 4.78 is 29.3. The van der Waals surface area contributed by atoms with Gasteiger partial charge >= 0.3 is 5.97 Å². The molecule has 1 atom stereocenters. The Morgan fingerprint density at radius 3 is 2.78 bits per heavy atom. The molecule has 2 aromatic rings. The molecule has 0 saturated heterocycles. The van der Waals surface area contributed by atoms with E-state index >= 15 is 0 Å². The van der Waals surface area contributed by atoms with Gasteiger partial charge in [0, 0.05) is 11.4 Å². The van der Waals surface area contributed by atoms with Crippen LogP contribution < -0.4 is 14.8 Å². The lowest BCUT2D eigenvalue weighted by molar-refractivity contribution is -0.153. The fourth-order valence-corrected chi connectivity index (χ4v) is 2.64. The predicted molar refractivity (Wildman–Crippen MR) is 96.5 cm³/mol. The minimum Gasteiger partial charge on any atom is -0.454 e. The maximum Gasteiger partial charge on any atom is 0.306 e. The molecule has 1 unspecified atom stereocenters. The molecule has 1 heterocycles. The van der Waals surface area contributed by atoms with Crippen LogP contribution in [0.1, 0.15) is 18.9 Å². The van der Waals surface area contributed by atoms with E-state index in [4.69, 9.17) is 25.8 Å². The zero-order valence-electron chi connectivity index (χ0n) is 14.5. The van der Waals surface area contributed by atoms with Gasteiger partial charge in [-0.05, 0) is 49.2 Å². The average Bonchev–Trinajstić information content (AvgIpc) is 3.10. The fraction of sp³-hybridized carbons (Fsp3) is 0.263. The first-order valence-electron chi connectivity index (χ1n) is 8.26. The maximum atomic E-state index is 13.7. The van der Waals surface area contributed by atoms with Crippen molar-refractivity contribution < 1.29 is 28.2 Å². The Morgan fingerprint density at radius 2 is 2.00 bits per heavy atom. The molecule has 6 nitrogen and oxygen atoms in total. The molecule has 142 valence electrons. The number of esters is 1. The summed E-state index contributed by atoms with van der Waals surface area (Å²) in [5.41, 5.74) is 0.851. The number of amides is 1. The molecule has 0 fully saturated rings. The van der Waals surface area contributed by atoms with Gasteiger partial charge in [0.2, 0.25) is 6.79 Å². The summed E-state index contributed by atoms with van der Waals surface area (Å²) >= 11 is 5.66. The van der Waals surface area contributed by atoms with Crippen molar-refractivity contribution >= 4 is 29.2 Å². The van der Waals surface area contributed by atoms with Crippen LogP contribution in [0.4, 0.5) is 10.1 Å². The van der Waals surface area contributed by atoms with Gasteiger partial charge in [0.1, 0.15) is 5.82 Å². The molecule has 3 rings (SSSR count). The molecule has 0 aliphatic carbocycles. The summed E-state index contributed by atoms with van der Waals surface area (Å²) in [7, 11) is 0. The molecule has 2 aromatic carbocycles. The van der Waals surface area contributed by atoms with Gasteiger partial charge in [-0.15, -0.1) is 0 Å². The smallest absolute Gasteiger partial charge is 0.306 e. The van der Waals surface area contributed by atoms with E-state index in [2.05, 4.69) is 5.32 Å². The van der Waals surface area contributed by atoms with Crippen molar-refractivity contribution in [3.05, 3.63) is 52.8 Å². The number of aryl methyl sites for hydroxylation is 1. The monoisotopic (exact) mass is 393 g/mol. The van der Waals surface area contributed by atoms with Gasteiger partial charge in [-0.2, -0.15) is 0 Å². The molecule has 1 aliphatic heterocycles. The number of halogens is 2. The Bertz CT molecular complexity index is 873. The van der Waals surface area contributed by atoms with Crippen molar-refractivity contribution in [1.82, 2.24) is 0 Å². The van der Waals surface area contributed by atoms with Crippen LogP contribution >= 0.6 is 11.6 Å². The van der Waals surface area contributed by atoms with Crippen LogP contribution in [0.5, 0.6) is 11.5 Å². The molecule has 1 N–H and O–H groups in total. The molecule has 8 heteroatoms. The summed E-state index contributed by atoms with van der Waals surface area (Å²) in [6, 6.07) is 9.28. The van der Waals surface area contributed by atoms with Crippen LogP contribution in [0.3, 0.4) is 0 Å². The number of carbonyl (C=O) groups excluding carboxylic acids is 2. The normalized spacial score (nSPS) is 13.1. The summed E-state index contributed by atoms with van der Waals surface area (Å²) in [6.45, 7) is 1.60. The van der Waals surface area contributed by atoms with Crippen molar-refractivity contribution in [2.75, 3.05) is 12.1 Å². The highest BCUT2D eigenvalue weighted by Gasteiger charge is 2.20. The summed E-state index contributed by atoms with van der Waals surface area (Å²) in [5, 5.41) is 2.58. The summed E-state index contributed by atoms with van der Waals surface area (Å²) in [4.78, 5) is 24.0. The number of fused-ring (bicyclic) bond motifs is 1. The topological polar surface area (TPSA) is 73.9 Å². The Balaban J connectivity index is 1.48. The minimum absolute atomic E-state index is 0.0346. The number of carbonyl (C=O) groups is 2. The van der Waals surface area contributed by atoms with Gasteiger partial charge in [-0.25, -0.2) is 4.39 Å². The second-order valence-corrected chi connectivity index (χ2v) is 6.37. The Labute approximate surface area is 160 Å². The van der Waals surface area contributed by atoms with E-state index in [0.29, 0.717) is 17.9 Å². The van der Waals surface area contributed by atoms with E-state index in [-0.39, 0.29) is 23.9 Å².